The normalized spacial score (nSPS) is 12.2. The number of rotatable bonds is 6. The summed E-state index contributed by atoms with van der Waals surface area (Å²) in [5, 5.41) is 9.86. The molecular formula is C24H26N2O6S4. The van der Waals surface area contributed by atoms with Crippen LogP contribution >= 0.6 is 23.3 Å². The molecule has 1 amide bonds. The summed E-state index contributed by atoms with van der Waals surface area (Å²) in [5.41, 5.74) is 0.531. The van der Waals surface area contributed by atoms with Crippen molar-refractivity contribution in [2.75, 3.05) is 12.5 Å². The number of nitrogens with zero attached hydrogens (tertiary/aromatic N) is 1. The van der Waals surface area contributed by atoms with Crippen molar-refractivity contribution in [1.82, 2.24) is 4.31 Å². The van der Waals surface area contributed by atoms with E-state index in [-0.39, 0.29) is 20.5 Å². The Morgan fingerprint density at radius 2 is 1.58 bits per heavy atom. The van der Waals surface area contributed by atoms with Gasteiger partial charge in [0.2, 0.25) is 9.84 Å². The van der Waals surface area contributed by atoms with Gasteiger partial charge in [-0.05, 0) is 74.2 Å². The van der Waals surface area contributed by atoms with Gasteiger partial charge in [0, 0.05) is 17.9 Å². The number of ether oxygens (including phenoxy) is 1. The molecule has 0 aliphatic carbocycles. The maximum atomic E-state index is 13.3. The number of benzene rings is 2. The van der Waals surface area contributed by atoms with Crippen LogP contribution in [-0.4, -0.2) is 51.2 Å². The van der Waals surface area contributed by atoms with Gasteiger partial charge in [-0.1, -0.05) is 24.3 Å². The minimum atomic E-state index is -3.92. The van der Waals surface area contributed by atoms with E-state index in [0.717, 1.165) is 33.8 Å². The van der Waals surface area contributed by atoms with Crippen molar-refractivity contribution >= 4 is 54.9 Å². The van der Waals surface area contributed by atoms with E-state index >= 15 is 0 Å². The van der Waals surface area contributed by atoms with Crippen LogP contribution in [0.5, 0.6) is 0 Å². The zero-order chi connectivity index (χ0) is 26.9. The summed E-state index contributed by atoms with van der Waals surface area (Å²) in [6.45, 7) is 5.16. The first kappa shape index (κ1) is 27.9. The van der Waals surface area contributed by atoms with Gasteiger partial charge >= 0.3 is 6.09 Å². The number of thiophene rings is 1. The number of carbonyl (C=O) groups is 1. The Morgan fingerprint density at radius 3 is 2.14 bits per heavy atom. The van der Waals surface area contributed by atoms with E-state index in [4.69, 9.17) is 10.1 Å². The lowest BCUT2D eigenvalue weighted by Crippen LogP contribution is -2.36. The molecule has 1 aromatic heterocycles. The lowest BCUT2D eigenvalue weighted by Gasteiger charge is -2.25. The first-order chi connectivity index (χ1) is 16.6. The summed E-state index contributed by atoms with van der Waals surface area (Å²) in [4.78, 5) is 13.0. The Kier molecular flexibility index (Phi) is 8.04. The minimum Gasteiger partial charge on any atom is -0.443 e. The molecule has 0 atom stereocenters. The topological polar surface area (TPSA) is 122 Å². The van der Waals surface area contributed by atoms with Crippen molar-refractivity contribution in [3.8, 4) is 11.1 Å². The molecule has 36 heavy (non-hydrogen) atoms. The van der Waals surface area contributed by atoms with Gasteiger partial charge in [0.1, 0.15) is 5.60 Å². The van der Waals surface area contributed by atoms with E-state index < -0.39 is 31.4 Å². The van der Waals surface area contributed by atoms with Crippen LogP contribution < -0.4 is 0 Å². The fourth-order valence-electron chi connectivity index (χ4n) is 3.12. The van der Waals surface area contributed by atoms with Gasteiger partial charge in [-0.15, -0.1) is 11.3 Å². The van der Waals surface area contributed by atoms with Crippen LogP contribution in [0.15, 0.2) is 74.7 Å². The van der Waals surface area contributed by atoms with Crippen molar-refractivity contribution < 1.29 is 26.4 Å². The number of hydrogen-bond acceptors (Lipinski definition) is 9. The second-order valence-electron chi connectivity index (χ2n) is 8.78. The first-order valence-corrected chi connectivity index (χ1v) is 16.0. The number of hydrogen-bond donors (Lipinski definition) is 1. The number of nitrogens with one attached hydrogen (secondary N) is 1. The molecule has 0 saturated carbocycles. The molecule has 0 saturated heterocycles. The van der Waals surface area contributed by atoms with Crippen molar-refractivity contribution in [3.63, 3.8) is 0 Å². The molecule has 3 rings (SSSR count). The van der Waals surface area contributed by atoms with Crippen LogP contribution in [0.1, 0.15) is 25.6 Å². The summed E-state index contributed by atoms with van der Waals surface area (Å²) in [7, 11) is -7.26. The monoisotopic (exact) mass is 566 g/mol. The minimum absolute atomic E-state index is 0.00191. The smallest absolute Gasteiger partial charge is 0.426 e. The van der Waals surface area contributed by atoms with Gasteiger partial charge in [0.25, 0.3) is 0 Å². The SMILES string of the molecule is CSN(C(=N)c1cc(S(=O)(=O)c2cccc(-c3ccc(S(C)(=O)=O)cc3)c2)cs1)C(=O)OC(C)(C)C. The summed E-state index contributed by atoms with van der Waals surface area (Å²) in [5.74, 6) is -0.178. The van der Waals surface area contributed by atoms with Crippen LogP contribution in [0, 0.1) is 5.41 Å². The standard InChI is InChI=1S/C24H26N2O6S4/c1-24(2,3)32-23(27)26(33-4)22(25)21-14-20(15-34-21)36(30,31)19-8-6-7-17(13-19)16-9-11-18(12-10-16)35(5,28)29/h6-15,25H,1-5H3. The van der Waals surface area contributed by atoms with E-state index in [1.54, 1.807) is 51.3 Å². The van der Waals surface area contributed by atoms with Crippen molar-refractivity contribution in [3.05, 3.63) is 64.9 Å². The molecule has 0 bridgehead atoms. The van der Waals surface area contributed by atoms with Gasteiger partial charge in [0.15, 0.2) is 15.7 Å². The lowest BCUT2D eigenvalue weighted by atomic mass is 10.1. The summed E-state index contributed by atoms with van der Waals surface area (Å²) in [6, 6.07) is 13.9. The predicted molar refractivity (Wildman–Crippen MR) is 143 cm³/mol. The molecule has 0 unspecified atom stereocenters. The quantitative estimate of drug-likeness (QED) is 0.238. The van der Waals surface area contributed by atoms with E-state index in [2.05, 4.69) is 0 Å². The predicted octanol–water partition coefficient (Wildman–Crippen LogP) is 5.49. The first-order valence-electron chi connectivity index (χ1n) is 10.5. The van der Waals surface area contributed by atoms with Crippen LogP contribution in [0.25, 0.3) is 11.1 Å². The maximum absolute atomic E-state index is 13.3. The number of amidine groups is 1. The fraction of sp³-hybridized carbons (Fsp3) is 0.250. The van der Waals surface area contributed by atoms with Gasteiger partial charge < -0.3 is 4.74 Å². The Morgan fingerprint density at radius 1 is 0.944 bits per heavy atom. The Balaban J connectivity index is 1.89. The largest absolute Gasteiger partial charge is 0.443 e. The van der Waals surface area contributed by atoms with Gasteiger partial charge in [-0.25, -0.2) is 25.9 Å². The van der Waals surface area contributed by atoms with Crippen molar-refractivity contribution in [2.24, 2.45) is 0 Å². The maximum Gasteiger partial charge on any atom is 0.426 e. The molecule has 0 aliphatic rings. The third-order valence-corrected chi connectivity index (χ3v) is 9.47. The van der Waals surface area contributed by atoms with Gasteiger partial charge in [-0.2, -0.15) is 0 Å². The zero-order valence-electron chi connectivity index (χ0n) is 20.3. The highest BCUT2D eigenvalue weighted by Crippen LogP contribution is 2.31. The van der Waals surface area contributed by atoms with Gasteiger partial charge in [-0.3, -0.25) is 5.41 Å². The van der Waals surface area contributed by atoms with Crippen LogP contribution in [-0.2, 0) is 24.4 Å². The third kappa shape index (κ3) is 6.36. The molecule has 192 valence electrons. The molecule has 0 fully saturated rings. The van der Waals surface area contributed by atoms with Gasteiger partial charge in [0.05, 0.1) is 19.6 Å². The second-order valence-corrected chi connectivity index (χ2v) is 14.4. The molecule has 0 aliphatic heterocycles. The number of carbonyl (C=O) groups excluding carboxylic acids is 1. The van der Waals surface area contributed by atoms with Crippen LogP contribution in [0.3, 0.4) is 0 Å². The highest BCUT2D eigenvalue weighted by molar-refractivity contribution is 7.97. The summed E-state index contributed by atoms with van der Waals surface area (Å²) < 4.78 is 56.5. The molecule has 0 radical (unpaired) electrons. The van der Waals surface area contributed by atoms with E-state index in [9.17, 15) is 21.6 Å². The molecule has 1 N–H and O–H groups in total. The Hall–Kier alpha value is -2.67. The molecular weight excluding hydrogens is 541 g/mol. The molecule has 12 heteroatoms. The fourth-order valence-corrected chi connectivity index (χ4v) is 6.79. The Bertz CT molecular complexity index is 1500. The summed E-state index contributed by atoms with van der Waals surface area (Å²) in [6.07, 6.45) is 2.03. The second kappa shape index (κ2) is 10.4. The van der Waals surface area contributed by atoms with Crippen LogP contribution in [0.2, 0.25) is 0 Å². The Labute approximate surface area is 219 Å². The zero-order valence-corrected chi connectivity index (χ0v) is 23.6. The number of sulfone groups is 2. The molecule has 0 spiro atoms. The van der Waals surface area contributed by atoms with E-state index in [1.165, 1.54) is 35.7 Å². The molecule has 1 heterocycles. The average molecular weight is 567 g/mol. The molecule has 3 aromatic rings. The van der Waals surface area contributed by atoms with Crippen molar-refractivity contribution in [2.45, 2.75) is 41.1 Å². The lowest BCUT2D eigenvalue weighted by molar-refractivity contribution is 0.0474. The highest BCUT2D eigenvalue weighted by Gasteiger charge is 2.28. The third-order valence-electron chi connectivity index (χ3n) is 4.82. The highest BCUT2D eigenvalue weighted by atomic mass is 32.2. The van der Waals surface area contributed by atoms with Crippen molar-refractivity contribution in [1.29, 1.82) is 5.41 Å². The number of amides is 1. The molecule has 8 nitrogen and oxygen atoms in total. The van der Waals surface area contributed by atoms with Crippen LogP contribution in [0.4, 0.5) is 4.79 Å². The summed E-state index contributed by atoms with van der Waals surface area (Å²) >= 11 is 2.03. The molecule has 2 aromatic carbocycles. The average Bonchev–Trinajstić information content (AvgIpc) is 3.29. The van der Waals surface area contributed by atoms with E-state index in [1.807, 2.05) is 0 Å². The van der Waals surface area contributed by atoms with E-state index in [0.29, 0.717) is 16.0 Å².